The molecule has 0 aliphatic heterocycles. The molecule has 3 rings (SSSR count). The maximum Gasteiger partial charge on any atom is 0.293 e. The summed E-state index contributed by atoms with van der Waals surface area (Å²) in [5.41, 5.74) is 1.07. The van der Waals surface area contributed by atoms with Gasteiger partial charge in [-0.25, -0.2) is 0 Å². The van der Waals surface area contributed by atoms with Crippen molar-refractivity contribution in [1.29, 1.82) is 0 Å². The van der Waals surface area contributed by atoms with Crippen LogP contribution in [0.4, 0.5) is 0 Å². The molecule has 0 radical (unpaired) electrons. The smallest absolute Gasteiger partial charge is 0.293 e. The van der Waals surface area contributed by atoms with Crippen LogP contribution in [0.2, 0.25) is 0 Å². The van der Waals surface area contributed by atoms with Crippen molar-refractivity contribution < 1.29 is 9.53 Å². The Morgan fingerprint density at radius 1 is 1.36 bits per heavy atom. The molecular weight excluding hydrogens is 282 g/mol. The van der Waals surface area contributed by atoms with E-state index in [4.69, 9.17) is 4.74 Å². The summed E-state index contributed by atoms with van der Waals surface area (Å²) in [5, 5.41) is 14.5. The zero-order chi connectivity index (χ0) is 15.5. The first-order valence-electron chi connectivity index (χ1n) is 7.36. The number of tetrazole rings is 1. The number of nitrogens with one attached hydrogen (secondary N) is 1. The molecule has 1 amide bonds. The number of aryl methyl sites for hydroxylation is 1. The van der Waals surface area contributed by atoms with E-state index < -0.39 is 0 Å². The zero-order valence-corrected chi connectivity index (χ0v) is 12.7. The Morgan fingerprint density at radius 3 is 2.59 bits per heavy atom. The standard InChI is InChI=1S/C15H19N5O2/c1-20-18-14(17-19-20)15(21)16-13(10-4-3-5-10)11-6-8-12(22-2)9-7-11/h6-10,13H,3-5H2,1-2H3,(H,16,21). The largest absolute Gasteiger partial charge is 0.497 e. The summed E-state index contributed by atoms with van der Waals surface area (Å²) < 4.78 is 5.18. The van der Waals surface area contributed by atoms with Gasteiger partial charge >= 0.3 is 0 Å². The first-order valence-corrected chi connectivity index (χ1v) is 7.36. The third-order valence-corrected chi connectivity index (χ3v) is 4.09. The maximum atomic E-state index is 12.3. The van der Waals surface area contributed by atoms with Crippen LogP contribution < -0.4 is 10.1 Å². The van der Waals surface area contributed by atoms with Crippen molar-refractivity contribution in [2.75, 3.05) is 7.11 Å². The Bertz CT molecular complexity index is 648. The molecule has 1 saturated carbocycles. The summed E-state index contributed by atoms with van der Waals surface area (Å²) >= 11 is 0. The Hall–Kier alpha value is -2.44. The Balaban J connectivity index is 1.78. The van der Waals surface area contributed by atoms with Gasteiger partial charge in [0.2, 0.25) is 0 Å². The lowest BCUT2D eigenvalue weighted by atomic mass is 9.77. The lowest BCUT2D eigenvalue weighted by Crippen LogP contribution is -2.36. The number of rotatable bonds is 5. The van der Waals surface area contributed by atoms with Crippen molar-refractivity contribution in [3.8, 4) is 5.75 Å². The number of hydrogen-bond donors (Lipinski definition) is 1. The van der Waals surface area contributed by atoms with E-state index in [-0.39, 0.29) is 17.8 Å². The molecule has 7 heteroatoms. The summed E-state index contributed by atoms with van der Waals surface area (Å²) in [7, 11) is 3.27. The number of ether oxygens (including phenoxy) is 1. The fourth-order valence-corrected chi connectivity index (χ4v) is 2.64. The van der Waals surface area contributed by atoms with Crippen molar-refractivity contribution in [3.05, 3.63) is 35.7 Å². The van der Waals surface area contributed by atoms with E-state index in [2.05, 4.69) is 20.7 Å². The van der Waals surface area contributed by atoms with E-state index in [1.54, 1.807) is 14.2 Å². The molecule has 1 aromatic heterocycles. The molecule has 0 spiro atoms. The average molecular weight is 301 g/mol. The molecule has 7 nitrogen and oxygen atoms in total. The molecule has 1 unspecified atom stereocenters. The molecule has 1 heterocycles. The number of hydrogen-bond acceptors (Lipinski definition) is 5. The number of aromatic nitrogens is 4. The molecule has 0 saturated heterocycles. The first-order chi connectivity index (χ1) is 10.7. The van der Waals surface area contributed by atoms with Gasteiger partial charge in [-0.05, 0) is 41.7 Å². The topological polar surface area (TPSA) is 81.9 Å². The van der Waals surface area contributed by atoms with Gasteiger partial charge < -0.3 is 10.1 Å². The Morgan fingerprint density at radius 2 is 2.09 bits per heavy atom. The first kappa shape index (κ1) is 14.5. The van der Waals surface area contributed by atoms with Crippen molar-refractivity contribution in [2.45, 2.75) is 25.3 Å². The second-order valence-electron chi connectivity index (χ2n) is 5.52. The fraction of sp³-hybridized carbons (Fsp3) is 0.467. The summed E-state index contributed by atoms with van der Waals surface area (Å²) in [6, 6.07) is 7.77. The normalized spacial score (nSPS) is 15.9. The molecule has 1 aromatic carbocycles. The molecular formula is C15H19N5O2. The van der Waals surface area contributed by atoms with Gasteiger partial charge in [0.1, 0.15) is 5.75 Å². The van der Waals surface area contributed by atoms with Crippen LogP contribution in [0.3, 0.4) is 0 Å². The number of amides is 1. The fourth-order valence-electron chi connectivity index (χ4n) is 2.64. The molecule has 116 valence electrons. The van der Waals surface area contributed by atoms with Gasteiger partial charge in [-0.3, -0.25) is 4.79 Å². The van der Waals surface area contributed by atoms with Crippen molar-refractivity contribution >= 4 is 5.91 Å². The molecule has 1 N–H and O–H groups in total. The van der Waals surface area contributed by atoms with Crippen LogP contribution in [-0.4, -0.2) is 33.2 Å². The number of nitrogens with zero attached hydrogens (tertiary/aromatic N) is 4. The number of benzene rings is 1. The van der Waals surface area contributed by atoms with E-state index in [0.29, 0.717) is 5.92 Å². The predicted octanol–water partition coefficient (Wildman–Crippen LogP) is 1.49. The van der Waals surface area contributed by atoms with Crippen molar-refractivity contribution in [3.63, 3.8) is 0 Å². The minimum absolute atomic E-state index is 0.0315. The van der Waals surface area contributed by atoms with Crippen LogP contribution in [0.25, 0.3) is 0 Å². The third kappa shape index (κ3) is 2.93. The number of carbonyl (C=O) groups excluding carboxylic acids is 1. The van der Waals surface area contributed by atoms with Crippen LogP contribution >= 0.6 is 0 Å². The molecule has 2 aromatic rings. The van der Waals surface area contributed by atoms with Gasteiger partial charge in [-0.1, -0.05) is 18.6 Å². The lowest BCUT2D eigenvalue weighted by Gasteiger charge is -2.34. The quantitative estimate of drug-likeness (QED) is 0.904. The third-order valence-electron chi connectivity index (χ3n) is 4.09. The van der Waals surface area contributed by atoms with Crippen LogP contribution in [0, 0.1) is 5.92 Å². The highest BCUT2D eigenvalue weighted by molar-refractivity contribution is 5.90. The molecule has 1 aliphatic rings. The minimum Gasteiger partial charge on any atom is -0.497 e. The highest BCUT2D eigenvalue weighted by Crippen LogP contribution is 2.38. The monoisotopic (exact) mass is 301 g/mol. The van der Waals surface area contributed by atoms with E-state index in [1.165, 1.54) is 11.2 Å². The zero-order valence-electron chi connectivity index (χ0n) is 12.7. The maximum absolute atomic E-state index is 12.3. The van der Waals surface area contributed by atoms with E-state index in [9.17, 15) is 4.79 Å². The van der Waals surface area contributed by atoms with Gasteiger partial charge in [-0.2, -0.15) is 4.80 Å². The Kier molecular flexibility index (Phi) is 4.04. The van der Waals surface area contributed by atoms with Gasteiger partial charge in [0.25, 0.3) is 11.7 Å². The van der Waals surface area contributed by atoms with Crippen LogP contribution in [-0.2, 0) is 7.05 Å². The van der Waals surface area contributed by atoms with E-state index in [0.717, 1.165) is 24.2 Å². The second kappa shape index (κ2) is 6.13. The van der Waals surface area contributed by atoms with Gasteiger partial charge in [0, 0.05) is 0 Å². The number of methoxy groups -OCH3 is 1. The van der Waals surface area contributed by atoms with Gasteiger partial charge in [-0.15, -0.1) is 10.2 Å². The minimum atomic E-state index is -0.291. The van der Waals surface area contributed by atoms with Crippen LogP contribution in [0.15, 0.2) is 24.3 Å². The summed E-state index contributed by atoms with van der Waals surface area (Å²) in [4.78, 5) is 13.6. The molecule has 0 bridgehead atoms. The number of carbonyl (C=O) groups is 1. The molecule has 1 fully saturated rings. The molecule has 1 aliphatic carbocycles. The van der Waals surface area contributed by atoms with Gasteiger partial charge in [0.05, 0.1) is 20.2 Å². The summed E-state index contributed by atoms with van der Waals surface area (Å²) in [5.74, 6) is 1.06. The lowest BCUT2D eigenvalue weighted by molar-refractivity contribution is 0.0889. The highest BCUT2D eigenvalue weighted by Gasteiger charge is 2.30. The highest BCUT2D eigenvalue weighted by atomic mass is 16.5. The summed E-state index contributed by atoms with van der Waals surface area (Å²) in [6.07, 6.45) is 3.44. The molecule has 22 heavy (non-hydrogen) atoms. The molecule has 1 atom stereocenters. The van der Waals surface area contributed by atoms with Crippen LogP contribution in [0.5, 0.6) is 5.75 Å². The SMILES string of the molecule is COc1ccc(C(NC(=O)c2nnn(C)n2)C2CCC2)cc1. The van der Waals surface area contributed by atoms with Crippen molar-refractivity contribution in [2.24, 2.45) is 13.0 Å². The van der Waals surface area contributed by atoms with E-state index >= 15 is 0 Å². The van der Waals surface area contributed by atoms with Crippen molar-refractivity contribution in [1.82, 2.24) is 25.5 Å². The average Bonchev–Trinajstić information content (AvgIpc) is 2.91. The van der Waals surface area contributed by atoms with Crippen LogP contribution in [0.1, 0.15) is 41.5 Å². The second-order valence-corrected chi connectivity index (χ2v) is 5.52. The van der Waals surface area contributed by atoms with Gasteiger partial charge in [0.15, 0.2) is 0 Å². The Labute approximate surface area is 128 Å². The summed E-state index contributed by atoms with van der Waals surface area (Å²) in [6.45, 7) is 0. The van der Waals surface area contributed by atoms with E-state index in [1.807, 2.05) is 24.3 Å². The predicted molar refractivity (Wildman–Crippen MR) is 79.3 cm³/mol.